The minimum atomic E-state index is -4.27. The average molecular weight is 1370 g/mol. The molecule has 39 nitrogen and oxygen atoms in total. The van der Waals surface area contributed by atoms with Gasteiger partial charge in [0.15, 0.2) is 44.0 Å². The fourth-order valence-corrected chi connectivity index (χ4v) is 12.4. The number of nitrogens with zero attached hydrogens (tertiary/aromatic N) is 2. The third kappa shape index (κ3) is 15.9. The summed E-state index contributed by atoms with van der Waals surface area (Å²) in [4.78, 5) is -0.178. The molecule has 2 aromatic rings. The second-order valence-corrected chi connectivity index (χ2v) is 24.9. The number of hydrogen-bond acceptors (Lipinski definition) is 37. The smallest absolute Gasteiger partial charge is 0.243 e. The van der Waals surface area contributed by atoms with Gasteiger partial charge in [-0.1, -0.05) is 17.7 Å². The average Bonchev–Trinajstić information content (AvgIpc) is 1.37. The third-order valence-corrected chi connectivity index (χ3v) is 18.0. The SMILES string of the molecule is C[n+]1ccn(C[C@H]2O[C@@H]3O[C@H]4[C@H](O)[C@@H](O)[C@@H](O[C@H]5[C@H](O)[C@@H](O)[C@@H](O[C@H]6[C@H](O)[C@@H](O)[C@@H](O[C@H]7[C@H](O)[C@@H](O)[C@@H](O[C@H]8[C@H](O)[C@@H](O)[C@@H](O[C@H]9[C@H](O)[C@@H](O)[C@@H](O[C@H]2[C@H](O)[C@H]3O)O[C@@H]9CO)O[C@@H]8CO)O[C@@H]7CO)O[C@@H]6CO)O[C@@H]5CO)O[C@@H]4CO)c1.Cc1ccc(S(=O)(=O)[O-])cc1. The number of ether oxygens (including phenoxy) is 14. The van der Waals surface area contributed by atoms with Crippen molar-refractivity contribution in [1.82, 2.24) is 4.57 Å². The minimum absolute atomic E-state index is 0.178. The van der Waals surface area contributed by atoms with Crippen molar-refractivity contribution in [2.24, 2.45) is 7.05 Å². The highest BCUT2D eigenvalue weighted by Gasteiger charge is 2.60. The lowest BCUT2D eigenvalue weighted by atomic mass is 9.95. The van der Waals surface area contributed by atoms with Crippen LogP contribution < -0.4 is 4.57 Å². The number of aliphatic hydroxyl groups is 20. The van der Waals surface area contributed by atoms with Gasteiger partial charge in [-0.15, -0.1) is 0 Å². The molecule has 21 aliphatic rings. The lowest BCUT2D eigenvalue weighted by Gasteiger charge is -2.50. The highest BCUT2D eigenvalue weighted by Crippen LogP contribution is 2.39. The molecule has 22 heterocycles. The van der Waals surface area contributed by atoms with E-state index in [2.05, 4.69) is 0 Å². The van der Waals surface area contributed by atoms with Crippen LogP contribution in [0.3, 0.4) is 0 Å². The Bertz CT molecular complexity index is 2750. The summed E-state index contributed by atoms with van der Waals surface area (Å²) in [5.74, 6) is 0. The van der Waals surface area contributed by atoms with E-state index in [4.69, 9.17) is 66.3 Å². The fourth-order valence-electron chi connectivity index (χ4n) is 11.9. The Morgan fingerprint density at radius 2 is 0.581 bits per heavy atom. The van der Waals surface area contributed by atoms with E-state index in [1.54, 1.807) is 42.5 Å². The van der Waals surface area contributed by atoms with Gasteiger partial charge in [0.25, 0.3) is 0 Å². The van der Waals surface area contributed by atoms with Crippen LogP contribution >= 0.6 is 0 Å². The maximum Gasteiger partial charge on any atom is 0.243 e. The molecule has 21 aliphatic heterocycles. The highest BCUT2D eigenvalue weighted by molar-refractivity contribution is 7.85. The van der Waals surface area contributed by atoms with Gasteiger partial charge in [-0.2, -0.15) is 0 Å². The molecule has 0 saturated carbocycles. The van der Waals surface area contributed by atoms with E-state index < -0.39 is 265 Å². The van der Waals surface area contributed by atoms with Crippen LogP contribution in [-0.2, 0) is 90.0 Å². The Balaban J connectivity index is 0.000000840. The monoisotopic (exact) mass is 1370 g/mol. The number of imidazole rings is 1. The fraction of sp³-hybridized carbons (Fsp3) is 0.830. The zero-order valence-corrected chi connectivity index (χ0v) is 50.2. The molecule has 1 aromatic carbocycles. The Labute approximate surface area is 527 Å². The molecule has 1 aromatic heterocycles. The summed E-state index contributed by atoms with van der Waals surface area (Å²) in [5, 5.41) is 223. The van der Waals surface area contributed by atoms with E-state index >= 15 is 0 Å². The predicted molar refractivity (Wildman–Crippen MR) is 286 cm³/mol. The number of hydrogen-bond donors (Lipinski definition) is 20. The largest absolute Gasteiger partial charge is 0.744 e. The number of aromatic nitrogens is 2. The second-order valence-electron chi connectivity index (χ2n) is 23.5. The summed E-state index contributed by atoms with van der Waals surface area (Å²) < 4.78 is 116. The Morgan fingerprint density at radius 3 is 0.774 bits per heavy atom. The molecule has 0 spiro atoms. The number of aliphatic hydroxyl groups excluding tert-OH is 20. The molecule has 0 amide bonds. The number of benzene rings is 1. The van der Waals surface area contributed by atoms with Crippen LogP contribution in [0.2, 0.25) is 0 Å². The molecule has 20 N–H and O–H groups in total. The van der Waals surface area contributed by atoms with E-state index in [0.29, 0.717) is 0 Å². The first kappa shape index (κ1) is 74.2. The third-order valence-electron chi connectivity index (χ3n) is 17.1. The van der Waals surface area contributed by atoms with Crippen molar-refractivity contribution < 1.29 is 186 Å². The van der Waals surface area contributed by atoms with Crippen molar-refractivity contribution >= 4 is 10.1 Å². The molecule has 0 aliphatic carbocycles. The van der Waals surface area contributed by atoms with Crippen LogP contribution in [-0.4, -0.2) is 374 Å². The van der Waals surface area contributed by atoms with Gasteiger partial charge in [-0.05, 0) is 19.1 Å². The van der Waals surface area contributed by atoms with Crippen LogP contribution in [0.4, 0.5) is 0 Å². The number of rotatable bonds is 9. The van der Waals surface area contributed by atoms with Crippen molar-refractivity contribution in [3.05, 3.63) is 48.5 Å². The zero-order chi connectivity index (χ0) is 67.8. The van der Waals surface area contributed by atoms with Crippen LogP contribution in [0.15, 0.2) is 47.9 Å². The Hall–Kier alpha value is -3.02. The molecule has 14 bridgehead atoms. The van der Waals surface area contributed by atoms with E-state index in [9.17, 15) is 115 Å². The molecular formula is C53H82N2O37S. The van der Waals surface area contributed by atoms with Crippen LogP contribution in [0.5, 0.6) is 0 Å². The van der Waals surface area contributed by atoms with Gasteiger partial charge in [0.1, 0.15) is 200 Å². The maximum absolute atomic E-state index is 11.8. The van der Waals surface area contributed by atoms with Gasteiger partial charge in [0, 0.05) is 0 Å². The first-order valence-electron chi connectivity index (χ1n) is 29.5. The first-order chi connectivity index (χ1) is 44.1. The zero-order valence-electron chi connectivity index (χ0n) is 49.4. The molecule has 35 atom stereocenters. The van der Waals surface area contributed by atoms with E-state index in [0.717, 1.165) is 5.56 Å². The van der Waals surface area contributed by atoms with Gasteiger partial charge < -0.3 is 173 Å². The van der Waals surface area contributed by atoms with Gasteiger partial charge in [-0.3, -0.25) is 0 Å². The normalized spacial score (nSPS) is 47.8. The molecule has 93 heavy (non-hydrogen) atoms. The molecule has 23 rings (SSSR count). The molecule has 532 valence electrons. The summed E-state index contributed by atoms with van der Waals surface area (Å²) in [5.41, 5.74) is 0.928. The Kier molecular flexibility index (Phi) is 25.1. The molecule has 0 unspecified atom stereocenters. The number of aryl methyl sites for hydroxylation is 2. The summed E-state index contributed by atoms with van der Waals surface area (Å²) in [6, 6.07) is 5.78. The summed E-state index contributed by atoms with van der Waals surface area (Å²) in [6.07, 6.45) is -64.4. The molecular weight excluding hydrogens is 1290 g/mol. The van der Waals surface area contributed by atoms with E-state index in [-0.39, 0.29) is 11.4 Å². The summed E-state index contributed by atoms with van der Waals surface area (Å²) in [6.45, 7) is -4.61. The Morgan fingerprint density at radius 1 is 0.366 bits per heavy atom. The van der Waals surface area contributed by atoms with Gasteiger partial charge >= 0.3 is 0 Å². The van der Waals surface area contributed by atoms with E-state index in [1.165, 1.54) is 16.7 Å². The van der Waals surface area contributed by atoms with Crippen molar-refractivity contribution in [3.8, 4) is 0 Å². The van der Waals surface area contributed by atoms with Crippen molar-refractivity contribution in [3.63, 3.8) is 0 Å². The lowest BCUT2D eigenvalue weighted by molar-refractivity contribution is -0.671. The molecule has 21 saturated heterocycles. The predicted octanol–water partition coefficient (Wildman–Crippen LogP) is -14.0. The molecule has 0 radical (unpaired) electrons. The van der Waals surface area contributed by atoms with Crippen LogP contribution in [0.25, 0.3) is 0 Å². The van der Waals surface area contributed by atoms with Gasteiger partial charge in [0.05, 0.1) is 51.6 Å². The van der Waals surface area contributed by atoms with Gasteiger partial charge in [0.2, 0.25) is 6.33 Å². The second kappa shape index (κ2) is 31.5. The molecule has 21 fully saturated rings. The van der Waals surface area contributed by atoms with Crippen molar-refractivity contribution in [2.45, 2.75) is 233 Å². The standard InChI is InChI=1S/C46H75N2O34.C7H8O3S/c1-47-2-3-48(11-47)4-12-33-19(55)26(62)40(69-12)77-34-13(5-49)71-42(28(64)21(34)57)79-36-15(7-51)73-44(30(66)23(36)59)81-38-17(9-53)75-46(32(68)25(38)61)82-39-18(10-54)74-45(31(67)24(39)60)80-37-16(8-52)72-43(29(65)22(37)58)78-35-14(6-50)70-41(76-33)27(63)20(35)56;1-6-2-4-7(5-3-6)11(8,9)10/h2-3,11-46,49-68H,4-10H2,1H3;2-5H,1H3,(H,8,9,10)/q+1;/p-1/t12-,13-,14-,15-,16-,17-,18-,19-,20-,21-,22-,23-,24-,25-,26-,27-,28-,29-,30-,31-,32-,33-,34-,35-,36-,37-,38-,39-,40-,41-,42-,43-,44-,45-,46-;/m1./s1. The van der Waals surface area contributed by atoms with Crippen molar-refractivity contribution in [1.29, 1.82) is 0 Å². The van der Waals surface area contributed by atoms with Crippen LogP contribution in [0.1, 0.15) is 5.56 Å². The maximum atomic E-state index is 11.8. The summed E-state index contributed by atoms with van der Waals surface area (Å²) >= 11 is 0. The minimum Gasteiger partial charge on any atom is -0.744 e. The molecule has 40 heteroatoms. The lowest BCUT2D eigenvalue weighted by Crippen LogP contribution is -2.68. The topological polar surface area (TPSA) is 600 Å². The summed E-state index contributed by atoms with van der Waals surface area (Å²) in [7, 11) is -2.60. The quantitative estimate of drug-likeness (QED) is 0.0819. The van der Waals surface area contributed by atoms with Gasteiger partial charge in [-0.25, -0.2) is 17.6 Å². The van der Waals surface area contributed by atoms with E-state index in [1.807, 2.05) is 6.92 Å². The first-order valence-corrected chi connectivity index (χ1v) is 30.9. The highest BCUT2D eigenvalue weighted by atomic mass is 32.2. The van der Waals surface area contributed by atoms with Crippen molar-refractivity contribution in [2.75, 3.05) is 39.6 Å². The van der Waals surface area contributed by atoms with Crippen LogP contribution in [0, 0.1) is 6.92 Å².